The van der Waals surface area contributed by atoms with Gasteiger partial charge in [0.25, 0.3) is 5.91 Å². The molecule has 0 aliphatic rings. The molecular formula is C12H14N4O2. The highest BCUT2D eigenvalue weighted by Gasteiger charge is 2.11. The summed E-state index contributed by atoms with van der Waals surface area (Å²) in [7, 11) is 0. The van der Waals surface area contributed by atoms with Gasteiger partial charge in [0.1, 0.15) is 5.69 Å². The zero-order valence-corrected chi connectivity index (χ0v) is 10.3. The smallest absolute Gasteiger partial charge is 0.270 e. The van der Waals surface area contributed by atoms with Gasteiger partial charge in [0, 0.05) is 12.1 Å². The van der Waals surface area contributed by atoms with Crippen molar-refractivity contribution >= 4 is 5.91 Å². The van der Waals surface area contributed by atoms with Crippen LogP contribution in [0.2, 0.25) is 0 Å². The normalized spacial score (nSPS) is 10.6. The highest BCUT2D eigenvalue weighted by Crippen LogP contribution is 2.09. The monoisotopic (exact) mass is 246 g/mol. The van der Waals surface area contributed by atoms with Crippen molar-refractivity contribution in [2.45, 2.75) is 26.3 Å². The molecule has 0 radical (unpaired) electrons. The van der Waals surface area contributed by atoms with Gasteiger partial charge < -0.3 is 9.84 Å². The van der Waals surface area contributed by atoms with E-state index in [4.69, 9.17) is 4.52 Å². The fraction of sp³-hybridized carbons (Fsp3) is 0.333. The van der Waals surface area contributed by atoms with Crippen LogP contribution in [0.15, 0.2) is 28.9 Å². The molecule has 0 aliphatic carbocycles. The van der Waals surface area contributed by atoms with E-state index in [9.17, 15) is 4.79 Å². The van der Waals surface area contributed by atoms with Crippen molar-refractivity contribution in [3.63, 3.8) is 0 Å². The number of hydrogen-bond donors (Lipinski definition) is 1. The zero-order chi connectivity index (χ0) is 13.0. The third-order valence-electron chi connectivity index (χ3n) is 2.30. The molecule has 2 heterocycles. The van der Waals surface area contributed by atoms with Gasteiger partial charge in [0.2, 0.25) is 5.89 Å². The van der Waals surface area contributed by atoms with Crippen LogP contribution in [0.25, 0.3) is 0 Å². The first-order chi connectivity index (χ1) is 8.66. The molecule has 0 saturated heterocycles. The fourth-order valence-electron chi connectivity index (χ4n) is 1.32. The molecule has 0 unspecified atom stereocenters. The molecule has 2 aromatic heterocycles. The van der Waals surface area contributed by atoms with Crippen molar-refractivity contribution in [3.05, 3.63) is 41.8 Å². The molecule has 6 nitrogen and oxygen atoms in total. The van der Waals surface area contributed by atoms with Crippen molar-refractivity contribution in [1.82, 2.24) is 20.4 Å². The molecule has 0 spiro atoms. The minimum atomic E-state index is -0.264. The van der Waals surface area contributed by atoms with Crippen LogP contribution in [0.5, 0.6) is 0 Å². The Kier molecular flexibility index (Phi) is 3.66. The van der Waals surface area contributed by atoms with E-state index < -0.39 is 0 Å². The topological polar surface area (TPSA) is 80.9 Å². The number of pyridine rings is 1. The van der Waals surface area contributed by atoms with Crippen LogP contribution in [0.3, 0.4) is 0 Å². The number of carbonyl (C=O) groups excluding carboxylic acids is 1. The van der Waals surface area contributed by atoms with Crippen molar-refractivity contribution in [1.29, 1.82) is 0 Å². The Balaban J connectivity index is 1.93. The first-order valence-electron chi connectivity index (χ1n) is 5.68. The molecule has 6 heteroatoms. The van der Waals surface area contributed by atoms with Crippen molar-refractivity contribution in [3.8, 4) is 0 Å². The molecule has 0 saturated carbocycles. The molecule has 1 amide bonds. The Labute approximate surface area is 104 Å². The summed E-state index contributed by atoms with van der Waals surface area (Å²) in [5.74, 6) is 0.967. The van der Waals surface area contributed by atoms with E-state index in [0.717, 1.165) is 0 Å². The molecule has 94 valence electrons. The second-order valence-electron chi connectivity index (χ2n) is 4.10. The van der Waals surface area contributed by atoms with E-state index in [2.05, 4.69) is 20.4 Å². The van der Waals surface area contributed by atoms with E-state index in [1.807, 2.05) is 13.8 Å². The van der Waals surface area contributed by atoms with Crippen LogP contribution in [-0.2, 0) is 6.54 Å². The molecule has 0 bridgehead atoms. The van der Waals surface area contributed by atoms with Crippen molar-refractivity contribution in [2.75, 3.05) is 0 Å². The largest absolute Gasteiger partial charge is 0.342 e. The van der Waals surface area contributed by atoms with Gasteiger partial charge in [-0.05, 0) is 12.1 Å². The van der Waals surface area contributed by atoms with Gasteiger partial charge in [-0.3, -0.25) is 9.78 Å². The van der Waals surface area contributed by atoms with Gasteiger partial charge >= 0.3 is 0 Å². The van der Waals surface area contributed by atoms with Crippen LogP contribution >= 0.6 is 0 Å². The third kappa shape index (κ3) is 2.91. The summed E-state index contributed by atoms with van der Waals surface area (Å²) in [4.78, 5) is 19.8. The standard InChI is InChI=1S/C12H14N4O2/c1-8(2)11-15-10(18-16-11)7-14-12(17)9-5-3-4-6-13-9/h3-6,8H,7H2,1-2H3,(H,14,17). The maximum absolute atomic E-state index is 11.7. The number of nitrogens with zero attached hydrogens (tertiary/aromatic N) is 3. The number of aromatic nitrogens is 3. The molecule has 2 rings (SSSR count). The second kappa shape index (κ2) is 5.39. The Morgan fingerprint density at radius 2 is 2.28 bits per heavy atom. The number of nitrogens with one attached hydrogen (secondary N) is 1. The molecule has 0 fully saturated rings. The second-order valence-corrected chi connectivity index (χ2v) is 4.10. The first-order valence-corrected chi connectivity index (χ1v) is 5.68. The first kappa shape index (κ1) is 12.2. The number of hydrogen-bond acceptors (Lipinski definition) is 5. The Morgan fingerprint density at radius 3 is 2.89 bits per heavy atom. The lowest BCUT2D eigenvalue weighted by Gasteiger charge is -2.00. The summed E-state index contributed by atoms with van der Waals surface area (Å²) >= 11 is 0. The third-order valence-corrected chi connectivity index (χ3v) is 2.30. The minimum Gasteiger partial charge on any atom is -0.342 e. The summed E-state index contributed by atoms with van der Waals surface area (Å²) in [5.41, 5.74) is 0.362. The molecular weight excluding hydrogens is 232 g/mol. The Hall–Kier alpha value is -2.24. The van der Waals surface area contributed by atoms with Gasteiger partial charge in [-0.1, -0.05) is 25.1 Å². The van der Waals surface area contributed by atoms with Crippen LogP contribution in [0.1, 0.15) is 42.0 Å². The summed E-state index contributed by atoms with van der Waals surface area (Å²) < 4.78 is 5.02. The fourth-order valence-corrected chi connectivity index (χ4v) is 1.32. The van der Waals surface area contributed by atoms with Gasteiger partial charge in [0.15, 0.2) is 5.82 Å². The predicted molar refractivity (Wildman–Crippen MR) is 63.8 cm³/mol. The summed E-state index contributed by atoms with van der Waals surface area (Å²) in [5, 5.41) is 6.48. The van der Waals surface area contributed by atoms with E-state index in [1.165, 1.54) is 0 Å². The highest BCUT2D eigenvalue weighted by molar-refractivity contribution is 5.91. The van der Waals surface area contributed by atoms with Crippen molar-refractivity contribution < 1.29 is 9.32 Å². The van der Waals surface area contributed by atoms with Gasteiger partial charge in [0.05, 0.1) is 6.54 Å². The van der Waals surface area contributed by atoms with E-state index >= 15 is 0 Å². The SMILES string of the molecule is CC(C)c1noc(CNC(=O)c2ccccn2)n1. The number of rotatable bonds is 4. The summed E-state index contributed by atoms with van der Waals surface area (Å²) in [6.07, 6.45) is 1.57. The van der Waals surface area contributed by atoms with Gasteiger partial charge in [-0.2, -0.15) is 4.98 Å². The average molecular weight is 246 g/mol. The average Bonchev–Trinajstić information content (AvgIpc) is 2.86. The summed E-state index contributed by atoms with van der Waals surface area (Å²) in [6.45, 7) is 4.15. The molecule has 18 heavy (non-hydrogen) atoms. The molecule has 0 aromatic carbocycles. The van der Waals surface area contributed by atoms with Crippen LogP contribution in [0.4, 0.5) is 0 Å². The predicted octanol–water partition coefficient (Wildman–Crippen LogP) is 1.52. The molecule has 0 aliphatic heterocycles. The Morgan fingerprint density at radius 1 is 1.44 bits per heavy atom. The van der Waals surface area contributed by atoms with Crippen LogP contribution < -0.4 is 5.32 Å². The lowest BCUT2D eigenvalue weighted by molar-refractivity contribution is 0.0941. The molecule has 1 N–H and O–H groups in total. The Bertz CT molecular complexity index is 522. The highest BCUT2D eigenvalue weighted by atomic mass is 16.5. The van der Waals surface area contributed by atoms with E-state index in [0.29, 0.717) is 17.4 Å². The van der Waals surface area contributed by atoms with Gasteiger partial charge in [-0.25, -0.2) is 0 Å². The molecule has 0 atom stereocenters. The lowest BCUT2D eigenvalue weighted by atomic mass is 10.2. The quantitative estimate of drug-likeness (QED) is 0.884. The van der Waals surface area contributed by atoms with Crippen LogP contribution in [0, 0.1) is 0 Å². The summed E-state index contributed by atoms with van der Waals surface area (Å²) in [6, 6.07) is 5.15. The lowest BCUT2D eigenvalue weighted by Crippen LogP contribution is -2.23. The van der Waals surface area contributed by atoms with Gasteiger partial charge in [-0.15, -0.1) is 0 Å². The van der Waals surface area contributed by atoms with E-state index in [-0.39, 0.29) is 18.4 Å². The van der Waals surface area contributed by atoms with E-state index in [1.54, 1.807) is 24.4 Å². The number of amides is 1. The van der Waals surface area contributed by atoms with Crippen LogP contribution in [-0.4, -0.2) is 21.0 Å². The maximum Gasteiger partial charge on any atom is 0.270 e. The molecule has 2 aromatic rings. The number of carbonyl (C=O) groups is 1. The maximum atomic E-state index is 11.7. The minimum absolute atomic E-state index is 0.203. The zero-order valence-electron chi connectivity index (χ0n) is 10.3. The van der Waals surface area contributed by atoms with Crippen molar-refractivity contribution in [2.24, 2.45) is 0 Å².